The minimum Gasteiger partial charge on any atom is -0.484 e. The summed E-state index contributed by atoms with van der Waals surface area (Å²) < 4.78 is 6.74. The fourth-order valence-corrected chi connectivity index (χ4v) is 5.14. The summed E-state index contributed by atoms with van der Waals surface area (Å²) in [6, 6.07) is 17.6. The SMILES string of the molecule is CC(C)NC(=O)c1sc2ccccc2c1[C@@H]1CCN(C(=O)COc2ccccc2)C1. The van der Waals surface area contributed by atoms with Gasteiger partial charge in [0.2, 0.25) is 0 Å². The molecule has 2 heterocycles. The van der Waals surface area contributed by atoms with Crippen LogP contribution >= 0.6 is 11.3 Å². The van der Waals surface area contributed by atoms with Gasteiger partial charge in [-0.1, -0.05) is 36.4 Å². The molecule has 1 aliphatic heterocycles. The first-order chi connectivity index (χ1) is 14.5. The van der Waals surface area contributed by atoms with Gasteiger partial charge in [0.1, 0.15) is 5.75 Å². The van der Waals surface area contributed by atoms with Crippen LogP contribution in [0.1, 0.15) is 41.4 Å². The summed E-state index contributed by atoms with van der Waals surface area (Å²) in [5, 5.41) is 4.15. The number of hydrogen-bond acceptors (Lipinski definition) is 4. The molecule has 0 radical (unpaired) electrons. The molecule has 4 rings (SSSR count). The largest absolute Gasteiger partial charge is 0.484 e. The molecule has 156 valence electrons. The Labute approximate surface area is 180 Å². The number of para-hydroxylation sites is 1. The first-order valence-electron chi connectivity index (χ1n) is 10.3. The molecule has 0 unspecified atom stereocenters. The second-order valence-electron chi connectivity index (χ2n) is 7.90. The molecule has 1 aliphatic rings. The number of ether oxygens (including phenoxy) is 1. The van der Waals surface area contributed by atoms with E-state index in [9.17, 15) is 9.59 Å². The number of nitrogens with zero attached hydrogens (tertiary/aromatic N) is 1. The quantitative estimate of drug-likeness (QED) is 0.639. The average molecular weight is 423 g/mol. The van der Waals surface area contributed by atoms with Crippen molar-refractivity contribution in [1.29, 1.82) is 0 Å². The molecule has 2 aromatic carbocycles. The lowest BCUT2D eigenvalue weighted by molar-refractivity contribution is -0.132. The highest BCUT2D eigenvalue weighted by Gasteiger charge is 2.32. The van der Waals surface area contributed by atoms with Crippen LogP contribution in [0.3, 0.4) is 0 Å². The fourth-order valence-electron chi connectivity index (χ4n) is 3.94. The molecule has 2 amide bonds. The highest BCUT2D eigenvalue weighted by atomic mass is 32.1. The predicted molar refractivity (Wildman–Crippen MR) is 120 cm³/mol. The van der Waals surface area contributed by atoms with Gasteiger partial charge in [-0.3, -0.25) is 9.59 Å². The Kier molecular flexibility index (Phi) is 6.04. The molecule has 1 atom stereocenters. The summed E-state index contributed by atoms with van der Waals surface area (Å²) in [7, 11) is 0. The number of amides is 2. The maximum Gasteiger partial charge on any atom is 0.261 e. The topological polar surface area (TPSA) is 58.6 Å². The maximum absolute atomic E-state index is 12.9. The molecular weight excluding hydrogens is 396 g/mol. The van der Waals surface area contributed by atoms with E-state index < -0.39 is 0 Å². The highest BCUT2D eigenvalue weighted by molar-refractivity contribution is 7.21. The van der Waals surface area contributed by atoms with Crippen molar-refractivity contribution in [2.45, 2.75) is 32.2 Å². The van der Waals surface area contributed by atoms with E-state index in [1.807, 2.05) is 61.2 Å². The highest BCUT2D eigenvalue weighted by Crippen LogP contribution is 2.40. The molecule has 1 fully saturated rings. The molecule has 3 aromatic rings. The van der Waals surface area contributed by atoms with Crippen LogP contribution in [0.25, 0.3) is 10.1 Å². The number of thiophene rings is 1. The van der Waals surface area contributed by atoms with Crippen molar-refractivity contribution in [2.24, 2.45) is 0 Å². The fraction of sp³-hybridized carbons (Fsp3) is 0.333. The normalized spacial score (nSPS) is 16.2. The van der Waals surface area contributed by atoms with Crippen molar-refractivity contribution in [2.75, 3.05) is 19.7 Å². The van der Waals surface area contributed by atoms with Crippen molar-refractivity contribution >= 4 is 33.2 Å². The second-order valence-corrected chi connectivity index (χ2v) is 8.95. The van der Waals surface area contributed by atoms with Gasteiger partial charge in [0.05, 0.1) is 4.88 Å². The summed E-state index contributed by atoms with van der Waals surface area (Å²) >= 11 is 1.54. The van der Waals surface area contributed by atoms with E-state index in [0.29, 0.717) is 18.8 Å². The Hall–Kier alpha value is -2.86. The molecule has 6 heteroatoms. The zero-order valence-corrected chi connectivity index (χ0v) is 18.1. The summed E-state index contributed by atoms with van der Waals surface area (Å²) in [5.41, 5.74) is 1.08. The Morgan fingerprint density at radius 1 is 1.13 bits per heavy atom. The van der Waals surface area contributed by atoms with Gasteiger partial charge in [-0.2, -0.15) is 0 Å². The van der Waals surface area contributed by atoms with Gasteiger partial charge in [-0.05, 0) is 49.4 Å². The lowest BCUT2D eigenvalue weighted by Gasteiger charge is -2.18. The predicted octanol–water partition coefficient (Wildman–Crippen LogP) is 4.43. The van der Waals surface area contributed by atoms with Gasteiger partial charge in [0.15, 0.2) is 6.61 Å². The number of rotatable bonds is 6. The Balaban J connectivity index is 1.52. The van der Waals surface area contributed by atoms with Crippen LogP contribution in [0.2, 0.25) is 0 Å². The number of likely N-dealkylation sites (tertiary alicyclic amines) is 1. The van der Waals surface area contributed by atoms with E-state index in [1.54, 1.807) is 0 Å². The third-order valence-corrected chi connectivity index (χ3v) is 6.50. The number of carbonyl (C=O) groups is 2. The number of hydrogen-bond donors (Lipinski definition) is 1. The summed E-state index contributed by atoms with van der Waals surface area (Å²) in [5.74, 6) is 0.792. The summed E-state index contributed by atoms with van der Waals surface area (Å²) in [4.78, 5) is 28.2. The van der Waals surface area contributed by atoms with Crippen molar-refractivity contribution in [1.82, 2.24) is 10.2 Å². The van der Waals surface area contributed by atoms with Gasteiger partial charge in [0, 0.05) is 29.7 Å². The van der Waals surface area contributed by atoms with Gasteiger partial charge < -0.3 is 15.0 Å². The molecule has 30 heavy (non-hydrogen) atoms. The molecule has 1 N–H and O–H groups in total. The van der Waals surface area contributed by atoms with E-state index in [-0.39, 0.29) is 30.4 Å². The van der Waals surface area contributed by atoms with E-state index in [0.717, 1.165) is 26.9 Å². The van der Waals surface area contributed by atoms with E-state index in [1.165, 1.54) is 11.3 Å². The van der Waals surface area contributed by atoms with Crippen LogP contribution < -0.4 is 10.1 Å². The minimum atomic E-state index is -0.0293. The number of carbonyl (C=O) groups excluding carboxylic acids is 2. The van der Waals surface area contributed by atoms with E-state index in [2.05, 4.69) is 17.4 Å². The smallest absolute Gasteiger partial charge is 0.261 e. The van der Waals surface area contributed by atoms with Crippen LogP contribution in [-0.2, 0) is 4.79 Å². The average Bonchev–Trinajstić information content (AvgIpc) is 3.37. The number of nitrogens with one attached hydrogen (secondary N) is 1. The van der Waals surface area contributed by atoms with Crippen LogP contribution in [0.4, 0.5) is 0 Å². The zero-order valence-electron chi connectivity index (χ0n) is 17.3. The molecule has 0 spiro atoms. The van der Waals surface area contributed by atoms with Gasteiger partial charge >= 0.3 is 0 Å². The van der Waals surface area contributed by atoms with Gasteiger partial charge in [-0.15, -0.1) is 11.3 Å². The van der Waals surface area contributed by atoms with E-state index >= 15 is 0 Å². The van der Waals surface area contributed by atoms with Crippen LogP contribution in [-0.4, -0.2) is 42.5 Å². The minimum absolute atomic E-state index is 0.0194. The molecule has 1 aromatic heterocycles. The van der Waals surface area contributed by atoms with Crippen LogP contribution in [0, 0.1) is 0 Å². The first kappa shape index (κ1) is 20.4. The van der Waals surface area contributed by atoms with Crippen LogP contribution in [0.5, 0.6) is 5.75 Å². The number of fused-ring (bicyclic) bond motifs is 1. The molecule has 1 saturated heterocycles. The molecule has 0 saturated carbocycles. The third kappa shape index (κ3) is 4.33. The summed E-state index contributed by atoms with van der Waals surface area (Å²) in [6.45, 7) is 5.25. The van der Waals surface area contributed by atoms with Crippen molar-refractivity contribution < 1.29 is 14.3 Å². The zero-order chi connectivity index (χ0) is 21.1. The van der Waals surface area contributed by atoms with Crippen molar-refractivity contribution in [3.05, 3.63) is 65.0 Å². The molecular formula is C24H26N2O3S. The van der Waals surface area contributed by atoms with Crippen molar-refractivity contribution in [3.8, 4) is 5.75 Å². The number of benzene rings is 2. The van der Waals surface area contributed by atoms with Crippen molar-refractivity contribution in [3.63, 3.8) is 0 Å². The lowest BCUT2D eigenvalue weighted by atomic mass is 9.95. The molecule has 5 nitrogen and oxygen atoms in total. The molecule has 0 bridgehead atoms. The Morgan fingerprint density at radius 3 is 2.63 bits per heavy atom. The van der Waals surface area contributed by atoms with E-state index in [4.69, 9.17) is 4.74 Å². The summed E-state index contributed by atoms with van der Waals surface area (Å²) in [6.07, 6.45) is 0.847. The maximum atomic E-state index is 12.9. The Bertz CT molecular complexity index is 1050. The van der Waals surface area contributed by atoms with Gasteiger partial charge in [0.25, 0.3) is 11.8 Å². The van der Waals surface area contributed by atoms with Gasteiger partial charge in [-0.25, -0.2) is 0 Å². The monoisotopic (exact) mass is 422 g/mol. The first-order valence-corrected chi connectivity index (χ1v) is 11.1. The second kappa shape index (κ2) is 8.88. The lowest BCUT2D eigenvalue weighted by Crippen LogP contribution is -2.33. The Morgan fingerprint density at radius 2 is 1.87 bits per heavy atom. The molecule has 0 aliphatic carbocycles. The van der Waals surface area contributed by atoms with Crippen LogP contribution in [0.15, 0.2) is 54.6 Å². The standard InChI is InChI=1S/C24H26N2O3S/c1-16(2)25-24(28)23-22(19-10-6-7-11-20(19)30-23)17-12-13-26(14-17)21(27)15-29-18-8-4-3-5-9-18/h3-11,16-17H,12-15H2,1-2H3,(H,25,28)/t17-/m1/s1. The third-order valence-electron chi connectivity index (χ3n) is 5.31.